The number of carbonyl (C=O) groups excluding carboxylic acids is 2. The van der Waals surface area contributed by atoms with Crippen LogP contribution in [0.15, 0.2) is 42.5 Å². The van der Waals surface area contributed by atoms with Gasteiger partial charge in [-0.2, -0.15) is 0 Å². The predicted octanol–water partition coefficient (Wildman–Crippen LogP) is 3.96. The van der Waals surface area contributed by atoms with Crippen molar-refractivity contribution < 1.29 is 19.1 Å². The second-order valence-electron chi connectivity index (χ2n) is 6.51. The van der Waals surface area contributed by atoms with Crippen molar-refractivity contribution in [2.45, 2.75) is 32.7 Å². The van der Waals surface area contributed by atoms with Crippen molar-refractivity contribution in [2.75, 3.05) is 13.7 Å². The van der Waals surface area contributed by atoms with E-state index in [2.05, 4.69) is 0 Å². The molecule has 0 aliphatic carbocycles. The molecule has 5 heteroatoms. The lowest BCUT2D eigenvalue weighted by Crippen LogP contribution is -2.34. The molecule has 0 saturated carbocycles. The van der Waals surface area contributed by atoms with E-state index in [9.17, 15) is 9.59 Å². The monoisotopic (exact) mass is 353 g/mol. The second kappa shape index (κ2) is 7.60. The van der Waals surface area contributed by atoms with E-state index < -0.39 is 6.09 Å². The van der Waals surface area contributed by atoms with Gasteiger partial charge in [-0.3, -0.25) is 4.79 Å². The maximum atomic E-state index is 12.8. The van der Waals surface area contributed by atoms with Crippen LogP contribution in [0.1, 0.15) is 34.7 Å². The fraction of sp³-hybridized carbons (Fsp3) is 0.333. The van der Waals surface area contributed by atoms with Gasteiger partial charge < -0.3 is 9.47 Å². The molecular weight excluding hydrogens is 330 g/mol. The van der Waals surface area contributed by atoms with E-state index in [0.717, 1.165) is 28.0 Å². The third-order valence-electron chi connectivity index (χ3n) is 4.82. The van der Waals surface area contributed by atoms with Gasteiger partial charge in [0.2, 0.25) is 5.91 Å². The minimum Gasteiger partial charge on any atom is -0.497 e. The molecule has 1 aliphatic heterocycles. The van der Waals surface area contributed by atoms with Crippen LogP contribution in [0.3, 0.4) is 0 Å². The summed E-state index contributed by atoms with van der Waals surface area (Å²) in [5.74, 6) is 0.596. The summed E-state index contributed by atoms with van der Waals surface area (Å²) in [4.78, 5) is 26.1. The Morgan fingerprint density at radius 3 is 2.46 bits per heavy atom. The molecular formula is C21H23NO4. The normalized spacial score (nSPS) is 16.5. The average molecular weight is 353 g/mol. The number of carbonyl (C=O) groups is 2. The molecule has 136 valence electrons. The first-order valence-corrected chi connectivity index (χ1v) is 8.69. The van der Waals surface area contributed by atoms with Crippen LogP contribution in [-0.4, -0.2) is 30.6 Å². The number of aryl methyl sites for hydroxylation is 2. The van der Waals surface area contributed by atoms with Gasteiger partial charge in [0.25, 0.3) is 0 Å². The zero-order valence-electron chi connectivity index (χ0n) is 15.3. The van der Waals surface area contributed by atoms with Crippen LogP contribution in [0.5, 0.6) is 5.75 Å². The zero-order valence-corrected chi connectivity index (χ0v) is 15.3. The number of amides is 2. The Labute approximate surface area is 153 Å². The number of cyclic esters (lactones) is 1. The van der Waals surface area contributed by atoms with E-state index >= 15 is 0 Å². The molecule has 1 unspecified atom stereocenters. The molecule has 3 rings (SSSR count). The van der Waals surface area contributed by atoms with Crippen LogP contribution in [0.4, 0.5) is 4.79 Å². The molecule has 1 atom stereocenters. The lowest BCUT2D eigenvalue weighted by molar-refractivity contribution is -0.129. The van der Waals surface area contributed by atoms with Crippen molar-refractivity contribution in [2.24, 2.45) is 0 Å². The predicted molar refractivity (Wildman–Crippen MR) is 98.2 cm³/mol. The van der Waals surface area contributed by atoms with E-state index in [0.29, 0.717) is 6.42 Å². The SMILES string of the molecule is COc1cc(C)c(CCC(=O)N2C(=O)OCC2c2ccccc2)c(C)c1. The molecule has 26 heavy (non-hydrogen) atoms. The van der Waals surface area contributed by atoms with Gasteiger partial charge in [0.1, 0.15) is 18.4 Å². The van der Waals surface area contributed by atoms with Gasteiger partial charge in [-0.05, 0) is 54.7 Å². The number of methoxy groups -OCH3 is 1. The summed E-state index contributed by atoms with van der Waals surface area (Å²) in [6, 6.07) is 13.1. The molecule has 0 aromatic heterocycles. The van der Waals surface area contributed by atoms with E-state index in [1.54, 1.807) is 7.11 Å². The van der Waals surface area contributed by atoms with Crippen LogP contribution in [0.25, 0.3) is 0 Å². The highest BCUT2D eigenvalue weighted by Gasteiger charge is 2.38. The Kier molecular flexibility index (Phi) is 5.26. The van der Waals surface area contributed by atoms with Crippen molar-refractivity contribution in [3.05, 3.63) is 64.7 Å². The van der Waals surface area contributed by atoms with Crippen LogP contribution < -0.4 is 4.74 Å². The van der Waals surface area contributed by atoms with E-state index in [1.165, 1.54) is 4.90 Å². The molecule has 2 aromatic rings. The first-order chi connectivity index (χ1) is 12.5. The molecule has 1 aliphatic rings. The van der Waals surface area contributed by atoms with Gasteiger partial charge in [-0.1, -0.05) is 30.3 Å². The van der Waals surface area contributed by atoms with Crippen molar-refractivity contribution >= 4 is 12.0 Å². The Morgan fingerprint density at radius 2 is 1.85 bits per heavy atom. The summed E-state index contributed by atoms with van der Waals surface area (Å²) < 4.78 is 10.4. The summed E-state index contributed by atoms with van der Waals surface area (Å²) in [5, 5.41) is 0. The molecule has 1 saturated heterocycles. The van der Waals surface area contributed by atoms with Gasteiger partial charge in [0.05, 0.1) is 7.11 Å². The average Bonchev–Trinajstić information content (AvgIpc) is 3.03. The summed E-state index contributed by atoms with van der Waals surface area (Å²) in [7, 11) is 1.64. The van der Waals surface area contributed by atoms with Gasteiger partial charge in [0.15, 0.2) is 0 Å². The first kappa shape index (κ1) is 18.0. The minimum atomic E-state index is -0.563. The lowest BCUT2D eigenvalue weighted by atomic mass is 9.97. The van der Waals surface area contributed by atoms with Gasteiger partial charge in [-0.15, -0.1) is 0 Å². The smallest absolute Gasteiger partial charge is 0.417 e. The molecule has 1 fully saturated rings. The van der Waals surface area contributed by atoms with Gasteiger partial charge >= 0.3 is 6.09 Å². The third kappa shape index (κ3) is 3.57. The van der Waals surface area contributed by atoms with Crippen LogP contribution in [-0.2, 0) is 16.0 Å². The third-order valence-corrected chi connectivity index (χ3v) is 4.82. The fourth-order valence-corrected chi connectivity index (χ4v) is 3.44. The number of rotatable bonds is 5. The molecule has 2 aromatic carbocycles. The standard InChI is InChI=1S/C21H23NO4/c1-14-11-17(25-3)12-15(2)18(14)9-10-20(23)22-19(13-26-21(22)24)16-7-5-4-6-8-16/h4-8,11-12,19H,9-10,13H2,1-3H3. The highest BCUT2D eigenvalue weighted by molar-refractivity contribution is 5.93. The minimum absolute atomic E-state index is 0.204. The largest absolute Gasteiger partial charge is 0.497 e. The number of benzene rings is 2. The molecule has 0 bridgehead atoms. The summed E-state index contributed by atoms with van der Waals surface area (Å²) in [6.45, 7) is 4.22. The maximum Gasteiger partial charge on any atom is 0.417 e. The quantitative estimate of drug-likeness (QED) is 0.816. The number of hydrogen-bond acceptors (Lipinski definition) is 4. The zero-order chi connectivity index (χ0) is 18.7. The molecule has 0 radical (unpaired) electrons. The van der Waals surface area contributed by atoms with Gasteiger partial charge in [-0.25, -0.2) is 9.69 Å². The highest BCUT2D eigenvalue weighted by Crippen LogP contribution is 2.29. The van der Waals surface area contributed by atoms with Crippen LogP contribution in [0.2, 0.25) is 0 Å². The van der Waals surface area contributed by atoms with E-state index in [1.807, 2.05) is 56.3 Å². The summed E-state index contributed by atoms with van der Waals surface area (Å²) in [6.07, 6.45) is 0.269. The fourth-order valence-electron chi connectivity index (χ4n) is 3.44. The Hall–Kier alpha value is -2.82. The Bertz CT molecular complexity index is 793. The molecule has 1 heterocycles. The molecule has 0 N–H and O–H groups in total. The summed E-state index contributed by atoms with van der Waals surface area (Å²) in [5.41, 5.74) is 4.18. The van der Waals surface area contributed by atoms with Crippen molar-refractivity contribution in [1.29, 1.82) is 0 Å². The van der Waals surface area contributed by atoms with Crippen molar-refractivity contribution in [3.63, 3.8) is 0 Å². The molecule has 5 nitrogen and oxygen atoms in total. The number of hydrogen-bond donors (Lipinski definition) is 0. The molecule has 0 spiro atoms. The topological polar surface area (TPSA) is 55.8 Å². The Morgan fingerprint density at radius 1 is 1.19 bits per heavy atom. The van der Waals surface area contributed by atoms with Crippen molar-refractivity contribution in [3.8, 4) is 5.75 Å². The van der Waals surface area contributed by atoms with Crippen molar-refractivity contribution in [1.82, 2.24) is 4.90 Å². The lowest BCUT2D eigenvalue weighted by Gasteiger charge is -2.20. The highest BCUT2D eigenvalue weighted by atomic mass is 16.6. The number of imide groups is 1. The summed E-state index contributed by atoms with van der Waals surface area (Å²) >= 11 is 0. The number of nitrogens with zero attached hydrogens (tertiary/aromatic N) is 1. The number of ether oxygens (including phenoxy) is 2. The molecule has 2 amide bonds. The van der Waals surface area contributed by atoms with E-state index in [-0.39, 0.29) is 25.0 Å². The Balaban J connectivity index is 1.74. The van der Waals surface area contributed by atoms with Crippen LogP contribution in [0, 0.1) is 13.8 Å². The second-order valence-corrected chi connectivity index (χ2v) is 6.51. The van der Waals surface area contributed by atoms with Crippen LogP contribution >= 0.6 is 0 Å². The van der Waals surface area contributed by atoms with E-state index in [4.69, 9.17) is 9.47 Å². The maximum absolute atomic E-state index is 12.8. The first-order valence-electron chi connectivity index (χ1n) is 8.69. The van der Waals surface area contributed by atoms with Gasteiger partial charge in [0, 0.05) is 6.42 Å².